The minimum absolute atomic E-state index is 0.0794. The number of anilines is 1. The Labute approximate surface area is 100 Å². The molecule has 1 saturated heterocycles. The van der Waals surface area contributed by atoms with E-state index in [-0.39, 0.29) is 5.91 Å². The van der Waals surface area contributed by atoms with Gasteiger partial charge in [-0.3, -0.25) is 4.79 Å². The van der Waals surface area contributed by atoms with Gasteiger partial charge in [0.1, 0.15) is 5.75 Å². The number of fused-ring (bicyclic) bond motifs is 1. The molecular formula is C13H16N2O2. The van der Waals surface area contributed by atoms with Crippen LogP contribution in [0.5, 0.6) is 5.75 Å². The van der Waals surface area contributed by atoms with E-state index in [4.69, 9.17) is 4.74 Å². The summed E-state index contributed by atoms with van der Waals surface area (Å²) in [5.74, 6) is 1.32. The first-order valence-corrected chi connectivity index (χ1v) is 6.00. The van der Waals surface area contributed by atoms with Crippen LogP contribution in [-0.4, -0.2) is 18.6 Å². The molecule has 90 valence electrons. The Kier molecular flexibility index (Phi) is 2.33. The van der Waals surface area contributed by atoms with E-state index < -0.39 is 6.10 Å². The normalized spacial score (nSPS) is 30.9. The molecule has 2 aliphatic rings. The second-order valence-corrected chi connectivity index (χ2v) is 4.87. The van der Waals surface area contributed by atoms with Crippen LogP contribution in [0.2, 0.25) is 0 Å². The highest BCUT2D eigenvalue weighted by molar-refractivity contribution is 5.97. The first kappa shape index (κ1) is 10.6. The maximum Gasteiger partial charge on any atom is 0.265 e. The summed E-state index contributed by atoms with van der Waals surface area (Å²) >= 11 is 0. The van der Waals surface area contributed by atoms with Crippen molar-refractivity contribution in [3.8, 4) is 5.75 Å². The Morgan fingerprint density at radius 3 is 2.82 bits per heavy atom. The Morgan fingerprint density at radius 1 is 1.35 bits per heavy atom. The predicted octanol–water partition coefficient (Wildman–Crippen LogP) is 1.69. The molecule has 3 atom stereocenters. The molecule has 3 rings (SSSR count). The van der Waals surface area contributed by atoms with Gasteiger partial charge in [-0.25, -0.2) is 0 Å². The predicted molar refractivity (Wildman–Crippen MR) is 65.1 cm³/mol. The molecule has 1 fully saturated rings. The van der Waals surface area contributed by atoms with E-state index in [9.17, 15) is 4.79 Å². The smallest absolute Gasteiger partial charge is 0.265 e. The average Bonchev–Trinajstić information content (AvgIpc) is 2.29. The van der Waals surface area contributed by atoms with Crippen molar-refractivity contribution in [3.05, 3.63) is 23.8 Å². The Balaban J connectivity index is 1.91. The van der Waals surface area contributed by atoms with Gasteiger partial charge in [0.05, 0.1) is 5.69 Å². The fourth-order valence-electron chi connectivity index (χ4n) is 2.34. The van der Waals surface area contributed by atoms with Gasteiger partial charge in [0.2, 0.25) is 0 Å². The Hall–Kier alpha value is -1.55. The summed E-state index contributed by atoms with van der Waals surface area (Å²) in [5, 5.41) is 6.26. The molecule has 0 spiro atoms. The van der Waals surface area contributed by atoms with Gasteiger partial charge in [-0.15, -0.1) is 0 Å². The van der Waals surface area contributed by atoms with Crippen LogP contribution in [0.4, 0.5) is 5.69 Å². The van der Waals surface area contributed by atoms with Gasteiger partial charge in [0.25, 0.3) is 5.91 Å². The maximum atomic E-state index is 11.5. The summed E-state index contributed by atoms with van der Waals surface area (Å²) in [5.41, 5.74) is 1.99. The van der Waals surface area contributed by atoms with E-state index in [0.717, 1.165) is 18.0 Å². The van der Waals surface area contributed by atoms with Crippen molar-refractivity contribution in [1.82, 2.24) is 5.32 Å². The van der Waals surface area contributed by atoms with Crippen molar-refractivity contribution in [2.45, 2.75) is 26.0 Å². The number of benzene rings is 1. The standard InChI is InChI=1S/C13H16N2O2/c1-7-6-14-12(7)9-3-4-11-10(5-9)15-13(16)8(2)17-11/h3-5,7-8,12,14H,6H2,1-2H3,(H,15,16). The zero-order chi connectivity index (χ0) is 12.0. The quantitative estimate of drug-likeness (QED) is 0.774. The zero-order valence-corrected chi connectivity index (χ0v) is 9.99. The average molecular weight is 232 g/mol. The number of nitrogens with one attached hydrogen (secondary N) is 2. The molecule has 4 heteroatoms. The third-order valence-electron chi connectivity index (χ3n) is 3.52. The summed E-state index contributed by atoms with van der Waals surface area (Å²) in [6.45, 7) is 5.03. The molecule has 0 bridgehead atoms. The van der Waals surface area contributed by atoms with E-state index >= 15 is 0 Å². The monoisotopic (exact) mass is 232 g/mol. The minimum atomic E-state index is -0.408. The van der Waals surface area contributed by atoms with Crippen molar-refractivity contribution in [3.63, 3.8) is 0 Å². The van der Waals surface area contributed by atoms with Gasteiger partial charge >= 0.3 is 0 Å². The van der Waals surface area contributed by atoms with E-state index in [2.05, 4.69) is 23.6 Å². The highest BCUT2D eigenvalue weighted by atomic mass is 16.5. The molecule has 17 heavy (non-hydrogen) atoms. The lowest BCUT2D eigenvalue weighted by molar-refractivity contribution is -0.122. The maximum absolute atomic E-state index is 11.5. The molecule has 0 saturated carbocycles. The molecule has 1 aromatic carbocycles. The van der Waals surface area contributed by atoms with Crippen molar-refractivity contribution >= 4 is 11.6 Å². The number of hydrogen-bond acceptors (Lipinski definition) is 3. The lowest BCUT2D eigenvalue weighted by atomic mass is 9.87. The van der Waals surface area contributed by atoms with Gasteiger partial charge in [0.15, 0.2) is 6.10 Å². The van der Waals surface area contributed by atoms with E-state index in [1.165, 1.54) is 5.56 Å². The lowest BCUT2D eigenvalue weighted by Gasteiger charge is -2.36. The summed E-state index contributed by atoms with van der Waals surface area (Å²) in [7, 11) is 0. The Morgan fingerprint density at radius 2 is 2.18 bits per heavy atom. The van der Waals surface area contributed by atoms with Crippen LogP contribution in [0.25, 0.3) is 0 Å². The van der Waals surface area contributed by atoms with Crippen LogP contribution in [0.3, 0.4) is 0 Å². The number of rotatable bonds is 1. The number of hydrogen-bond donors (Lipinski definition) is 2. The SMILES string of the molecule is CC1Oc2ccc(C3NCC3C)cc2NC1=O. The Bertz CT molecular complexity index is 472. The second kappa shape index (κ2) is 3.74. The van der Waals surface area contributed by atoms with Crippen LogP contribution in [0.15, 0.2) is 18.2 Å². The first-order chi connectivity index (χ1) is 8.15. The van der Waals surface area contributed by atoms with Crippen LogP contribution in [-0.2, 0) is 4.79 Å². The van der Waals surface area contributed by atoms with Crippen LogP contribution < -0.4 is 15.4 Å². The summed E-state index contributed by atoms with van der Waals surface area (Å²) in [4.78, 5) is 11.5. The molecule has 0 aromatic heterocycles. The highest BCUT2D eigenvalue weighted by Gasteiger charge is 2.29. The fraction of sp³-hybridized carbons (Fsp3) is 0.462. The van der Waals surface area contributed by atoms with Gasteiger partial charge in [-0.2, -0.15) is 0 Å². The third kappa shape index (κ3) is 1.69. The molecular weight excluding hydrogens is 216 g/mol. The van der Waals surface area contributed by atoms with E-state index in [0.29, 0.717) is 12.0 Å². The van der Waals surface area contributed by atoms with Gasteiger partial charge in [-0.05, 0) is 30.5 Å². The largest absolute Gasteiger partial charge is 0.479 e. The van der Waals surface area contributed by atoms with Crippen molar-refractivity contribution in [2.24, 2.45) is 5.92 Å². The molecule has 2 N–H and O–H groups in total. The molecule has 3 unspecified atom stereocenters. The minimum Gasteiger partial charge on any atom is -0.479 e. The van der Waals surface area contributed by atoms with Gasteiger partial charge in [0, 0.05) is 12.6 Å². The third-order valence-corrected chi connectivity index (χ3v) is 3.52. The lowest BCUT2D eigenvalue weighted by Crippen LogP contribution is -2.44. The van der Waals surface area contributed by atoms with Crippen molar-refractivity contribution in [2.75, 3.05) is 11.9 Å². The highest BCUT2D eigenvalue weighted by Crippen LogP contribution is 2.36. The molecule has 4 nitrogen and oxygen atoms in total. The number of amides is 1. The molecule has 1 aromatic rings. The molecule has 2 heterocycles. The van der Waals surface area contributed by atoms with Gasteiger partial charge in [-0.1, -0.05) is 13.0 Å². The summed E-state index contributed by atoms with van der Waals surface area (Å²) in [6.07, 6.45) is -0.408. The number of ether oxygens (including phenoxy) is 1. The number of carbonyl (C=O) groups is 1. The van der Waals surface area contributed by atoms with E-state index in [1.807, 2.05) is 12.1 Å². The summed E-state index contributed by atoms with van der Waals surface area (Å²) in [6, 6.07) is 6.41. The van der Waals surface area contributed by atoms with Crippen LogP contribution in [0.1, 0.15) is 25.5 Å². The topological polar surface area (TPSA) is 50.4 Å². The fourth-order valence-corrected chi connectivity index (χ4v) is 2.34. The second-order valence-electron chi connectivity index (χ2n) is 4.87. The molecule has 0 aliphatic carbocycles. The molecule has 0 radical (unpaired) electrons. The van der Waals surface area contributed by atoms with Gasteiger partial charge < -0.3 is 15.4 Å². The van der Waals surface area contributed by atoms with Crippen molar-refractivity contribution in [1.29, 1.82) is 0 Å². The van der Waals surface area contributed by atoms with Crippen molar-refractivity contribution < 1.29 is 9.53 Å². The zero-order valence-electron chi connectivity index (χ0n) is 9.99. The first-order valence-electron chi connectivity index (χ1n) is 6.00. The van der Waals surface area contributed by atoms with E-state index in [1.54, 1.807) is 6.92 Å². The van der Waals surface area contributed by atoms with Crippen LogP contribution in [0, 0.1) is 5.92 Å². The number of carbonyl (C=O) groups excluding carboxylic acids is 1. The van der Waals surface area contributed by atoms with Crippen LogP contribution >= 0.6 is 0 Å². The summed E-state index contributed by atoms with van der Waals surface area (Å²) < 4.78 is 5.52. The molecule has 1 amide bonds. The molecule has 2 aliphatic heterocycles.